The lowest BCUT2D eigenvalue weighted by Crippen LogP contribution is -2.36. The normalized spacial score (nSPS) is 13.9. The molecule has 0 unspecified atom stereocenters. The maximum atomic E-state index is 11.5. The van der Waals surface area contributed by atoms with Gasteiger partial charge in [-0.1, -0.05) is 6.07 Å². The molecule has 0 radical (unpaired) electrons. The first-order chi connectivity index (χ1) is 14.5. The van der Waals surface area contributed by atoms with Crippen LogP contribution in [-0.2, 0) is 4.74 Å². The number of amides is 1. The molecule has 154 valence electrons. The van der Waals surface area contributed by atoms with Gasteiger partial charge in [0.25, 0.3) is 0 Å². The van der Waals surface area contributed by atoms with Gasteiger partial charge >= 0.3 is 0 Å². The Hall–Kier alpha value is -3.45. The van der Waals surface area contributed by atoms with E-state index in [0.29, 0.717) is 5.56 Å². The summed E-state index contributed by atoms with van der Waals surface area (Å²) in [4.78, 5) is 22.8. The number of hydrogen-bond donors (Lipinski definition) is 2. The first-order valence-electron chi connectivity index (χ1n) is 9.95. The van der Waals surface area contributed by atoms with Crippen LogP contribution < -0.4 is 16.0 Å². The second kappa shape index (κ2) is 8.51. The standard InChI is InChI=1S/C23H25N5O2/c1-15-16(2)20(23(24)29)6-5-19(15)17-3-7-21(25-13-17)27-18-4-8-22(26-14-18)28-9-11-30-12-10-28/h3-8,13-14H,9-12H2,1-2H3,(H2,24,29)(H,25,27). The van der Waals surface area contributed by atoms with Crippen molar-refractivity contribution < 1.29 is 9.53 Å². The van der Waals surface area contributed by atoms with Gasteiger partial charge in [-0.2, -0.15) is 0 Å². The number of nitrogens with two attached hydrogens (primary N) is 1. The number of hydrogen-bond acceptors (Lipinski definition) is 6. The van der Waals surface area contributed by atoms with Gasteiger partial charge in [-0.15, -0.1) is 0 Å². The smallest absolute Gasteiger partial charge is 0.248 e. The Morgan fingerprint density at radius 1 is 1.00 bits per heavy atom. The molecular formula is C23H25N5O2. The zero-order valence-corrected chi connectivity index (χ0v) is 17.2. The van der Waals surface area contributed by atoms with E-state index in [9.17, 15) is 4.79 Å². The third kappa shape index (κ3) is 4.11. The monoisotopic (exact) mass is 403 g/mol. The Balaban J connectivity index is 1.48. The lowest BCUT2D eigenvalue weighted by Gasteiger charge is -2.27. The van der Waals surface area contributed by atoms with E-state index in [0.717, 1.165) is 65.9 Å². The second-order valence-corrected chi connectivity index (χ2v) is 7.34. The van der Waals surface area contributed by atoms with Crippen molar-refractivity contribution in [2.45, 2.75) is 13.8 Å². The van der Waals surface area contributed by atoms with Crippen LogP contribution in [0.25, 0.3) is 11.1 Å². The zero-order valence-electron chi connectivity index (χ0n) is 17.2. The molecule has 7 heteroatoms. The van der Waals surface area contributed by atoms with Crippen LogP contribution in [0.3, 0.4) is 0 Å². The van der Waals surface area contributed by atoms with Gasteiger partial charge in [0.1, 0.15) is 11.6 Å². The maximum absolute atomic E-state index is 11.5. The predicted octanol–water partition coefficient (Wildman–Crippen LogP) is 3.44. The van der Waals surface area contributed by atoms with Gasteiger partial charge < -0.3 is 20.7 Å². The number of nitrogens with one attached hydrogen (secondary N) is 1. The van der Waals surface area contributed by atoms with Crippen LogP contribution in [0.15, 0.2) is 48.8 Å². The van der Waals surface area contributed by atoms with Gasteiger partial charge in [-0.05, 0) is 60.9 Å². The molecule has 1 saturated heterocycles. The third-order valence-corrected chi connectivity index (χ3v) is 5.48. The molecule has 0 atom stereocenters. The molecule has 0 spiro atoms. The Morgan fingerprint density at radius 3 is 2.43 bits per heavy atom. The average Bonchev–Trinajstić information content (AvgIpc) is 2.77. The Bertz CT molecular complexity index is 1040. The summed E-state index contributed by atoms with van der Waals surface area (Å²) < 4.78 is 5.39. The number of rotatable bonds is 5. The molecule has 1 aliphatic heterocycles. The van der Waals surface area contributed by atoms with E-state index in [-0.39, 0.29) is 0 Å². The van der Waals surface area contributed by atoms with Crippen LogP contribution in [0, 0.1) is 13.8 Å². The van der Waals surface area contributed by atoms with Crippen LogP contribution in [0.2, 0.25) is 0 Å². The van der Waals surface area contributed by atoms with Crippen LogP contribution in [-0.4, -0.2) is 42.2 Å². The molecule has 4 rings (SSSR count). The number of carbonyl (C=O) groups is 1. The summed E-state index contributed by atoms with van der Waals surface area (Å²) in [7, 11) is 0. The van der Waals surface area contributed by atoms with Crippen LogP contribution in [0.1, 0.15) is 21.5 Å². The summed E-state index contributed by atoms with van der Waals surface area (Å²) in [6.45, 7) is 7.11. The van der Waals surface area contributed by atoms with Crippen molar-refractivity contribution in [1.82, 2.24) is 9.97 Å². The summed E-state index contributed by atoms with van der Waals surface area (Å²) in [5.41, 5.74) is 10.8. The highest BCUT2D eigenvalue weighted by molar-refractivity contribution is 5.95. The van der Waals surface area contributed by atoms with E-state index in [1.807, 2.05) is 56.6 Å². The second-order valence-electron chi connectivity index (χ2n) is 7.34. The molecule has 1 aliphatic rings. The highest BCUT2D eigenvalue weighted by Crippen LogP contribution is 2.28. The lowest BCUT2D eigenvalue weighted by molar-refractivity contribution is 0.0999. The van der Waals surface area contributed by atoms with Crippen LogP contribution in [0.5, 0.6) is 0 Å². The summed E-state index contributed by atoms with van der Waals surface area (Å²) in [5, 5.41) is 3.28. The van der Waals surface area contributed by atoms with Gasteiger partial charge in [0.05, 0.1) is 25.1 Å². The quantitative estimate of drug-likeness (QED) is 0.678. The fraction of sp³-hybridized carbons (Fsp3) is 0.261. The summed E-state index contributed by atoms with van der Waals surface area (Å²) in [5.74, 6) is 1.29. The van der Waals surface area contributed by atoms with Gasteiger partial charge in [0, 0.05) is 30.4 Å². The first-order valence-corrected chi connectivity index (χ1v) is 9.95. The van der Waals surface area contributed by atoms with Crippen molar-refractivity contribution in [1.29, 1.82) is 0 Å². The van der Waals surface area contributed by atoms with E-state index in [1.54, 1.807) is 6.07 Å². The van der Waals surface area contributed by atoms with Crippen LogP contribution in [0.4, 0.5) is 17.3 Å². The van der Waals surface area contributed by atoms with E-state index >= 15 is 0 Å². The maximum Gasteiger partial charge on any atom is 0.248 e. The number of primary amides is 1. The number of ether oxygens (including phenoxy) is 1. The molecule has 0 aliphatic carbocycles. The fourth-order valence-electron chi connectivity index (χ4n) is 3.61. The molecule has 3 aromatic rings. The number of aromatic nitrogens is 2. The minimum Gasteiger partial charge on any atom is -0.378 e. The van der Waals surface area contributed by atoms with Crippen molar-refractivity contribution in [3.05, 3.63) is 65.5 Å². The molecular weight excluding hydrogens is 378 g/mol. The van der Waals surface area contributed by atoms with Gasteiger partial charge in [0.15, 0.2) is 0 Å². The number of nitrogens with zero attached hydrogens (tertiary/aromatic N) is 3. The molecule has 2 aromatic heterocycles. The first kappa shape index (κ1) is 19.8. The van der Waals surface area contributed by atoms with Crippen molar-refractivity contribution >= 4 is 23.2 Å². The Morgan fingerprint density at radius 2 is 1.80 bits per heavy atom. The molecule has 1 fully saturated rings. The largest absolute Gasteiger partial charge is 0.378 e. The number of carbonyl (C=O) groups excluding carboxylic acids is 1. The molecule has 3 N–H and O–H groups in total. The minimum atomic E-state index is -0.409. The van der Waals surface area contributed by atoms with Gasteiger partial charge in [-0.3, -0.25) is 4.79 Å². The predicted molar refractivity (Wildman–Crippen MR) is 118 cm³/mol. The molecule has 7 nitrogen and oxygen atoms in total. The van der Waals surface area contributed by atoms with E-state index in [2.05, 4.69) is 20.2 Å². The summed E-state index contributed by atoms with van der Waals surface area (Å²) >= 11 is 0. The Kier molecular flexibility index (Phi) is 5.63. The van der Waals surface area contributed by atoms with Crippen molar-refractivity contribution in [2.24, 2.45) is 5.73 Å². The number of pyridine rings is 2. The zero-order chi connectivity index (χ0) is 21.1. The summed E-state index contributed by atoms with van der Waals surface area (Å²) in [6.07, 6.45) is 3.64. The number of morpholine rings is 1. The van der Waals surface area contributed by atoms with Gasteiger partial charge in [-0.25, -0.2) is 9.97 Å². The van der Waals surface area contributed by atoms with Crippen molar-refractivity contribution in [3.8, 4) is 11.1 Å². The molecule has 0 bridgehead atoms. The number of benzene rings is 1. The molecule has 30 heavy (non-hydrogen) atoms. The minimum absolute atomic E-state index is 0.409. The average molecular weight is 403 g/mol. The third-order valence-electron chi connectivity index (χ3n) is 5.48. The van der Waals surface area contributed by atoms with Gasteiger partial charge in [0.2, 0.25) is 5.91 Å². The highest BCUT2D eigenvalue weighted by Gasteiger charge is 2.13. The highest BCUT2D eigenvalue weighted by atomic mass is 16.5. The van der Waals surface area contributed by atoms with Crippen LogP contribution >= 0.6 is 0 Å². The molecule has 1 aromatic carbocycles. The SMILES string of the molecule is Cc1c(C(N)=O)ccc(-c2ccc(Nc3ccc(N4CCOCC4)nc3)nc2)c1C. The Labute approximate surface area is 175 Å². The van der Waals surface area contributed by atoms with Crippen molar-refractivity contribution in [2.75, 3.05) is 36.5 Å². The van der Waals surface area contributed by atoms with E-state index < -0.39 is 5.91 Å². The van der Waals surface area contributed by atoms with E-state index in [4.69, 9.17) is 10.5 Å². The van der Waals surface area contributed by atoms with E-state index in [1.165, 1.54) is 0 Å². The van der Waals surface area contributed by atoms with Crippen molar-refractivity contribution in [3.63, 3.8) is 0 Å². The molecule has 1 amide bonds. The summed E-state index contributed by atoms with van der Waals surface area (Å²) in [6, 6.07) is 11.6. The lowest BCUT2D eigenvalue weighted by atomic mass is 9.94. The fourth-order valence-corrected chi connectivity index (χ4v) is 3.61. The molecule has 3 heterocycles. The number of anilines is 3. The molecule has 0 saturated carbocycles. The topological polar surface area (TPSA) is 93.4 Å².